The molecule has 3 rings (SSSR count). The zero-order chi connectivity index (χ0) is 13.2. The van der Waals surface area contributed by atoms with Crippen molar-refractivity contribution in [3.8, 4) is 0 Å². The predicted octanol–water partition coefficient (Wildman–Crippen LogP) is 4.62. The number of fused-ring (bicyclic) bond motifs is 2. The maximum absolute atomic E-state index is 3.72. The quantitative estimate of drug-likeness (QED) is 0.763. The highest BCUT2D eigenvalue weighted by Gasteiger charge is 2.41. The average molecular weight is 263 g/mol. The Hall–Kier alpha value is -0.0400. The first kappa shape index (κ1) is 13.9. The Balaban J connectivity index is 1.60. The van der Waals surface area contributed by atoms with Crippen molar-refractivity contribution in [3.63, 3.8) is 0 Å². The van der Waals surface area contributed by atoms with Crippen LogP contribution in [0.5, 0.6) is 0 Å². The van der Waals surface area contributed by atoms with Crippen molar-refractivity contribution in [2.24, 2.45) is 29.6 Å². The molecule has 3 aliphatic carbocycles. The van der Waals surface area contributed by atoms with E-state index in [1.807, 2.05) is 0 Å². The van der Waals surface area contributed by atoms with Crippen LogP contribution >= 0.6 is 0 Å². The van der Waals surface area contributed by atoms with Crippen molar-refractivity contribution in [1.29, 1.82) is 0 Å². The Morgan fingerprint density at radius 2 is 1.84 bits per heavy atom. The van der Waals surface area contributed by atoms with E-state index >= 15 is 0 Å². The second-order valence-corrected chi connectivity index (χ2v) is 7.68. The van der Waals surface area contributed by atoms with Crippen LogP contribution in [0.4, 0.5) is 0 Å². The topological polar surface area (TPSA) is 12.0 Å². The molecular weight excluding hydrogens is 230 g/mol. The molecule has 1 heteroatoms. The van der Waals surface area contributed by atoms with Crippen LogP contribution < -0.4 is 5.32 Å². The van der Waals surface area contributed by atoms with Crippen LogP contribution in [0.1, 0.15) is 71.1 Å². The van der Waals surface area contributed by atoms with Crippen LogP contribution in [-0.4, -0.2) is 13.1 Å². The van der Waals surface area contributed by atoms with Crippen molar-refractivity contribution in [3.05, 3.63) is 0 Å². The molecule has 6 atom stereocenters. The molecule has 6 unspecified atom stereocenters. The highest BCUT2D eigenvalue weighted by Crippen LogP contribution is 2.50. The fraction of sp³-hybridized carbons (Fsp3) is 1.00. The Morgan fingerprint density at radius 1 is 1.00 bits per heavy atom. The van der Waals surface area contributed by atoms with E-state index in [1.165, 1.54) is 38.5 Å². The highest BCUT2D eigenvalue weighted by atomic mass is 14.9. The van der Waals surface area contributed by atoms with Crippen LogP contribution in [-0.2, 0) is 0 Å². The number of rotatable bonds is 5. The van der Waals surface area contributed by atoms with Gasteiger partial charge in [0.05, 0.1) is 0 Å². The van der Waals surface area contributed by atoms with E-state index in [0.29, 0.717) is 0 Å². The Kier molecular flexibility index (Phi) is 4.51. The van der Waals surface area contributed by atoms with Crippen LogP contribution in [0.25, 0.3) is 0 Å². The standard InChI is InChI=1S/C18H33N/c1-3-14-6-4-5-7-17(14)18(19-2)12-16-11-13-8-9-15(16)10-13/h13-19H,3-12H2,1-2H3. The van der Waals surface area contributed by atoms with Gasteiger partial charge in [-0.05, 0) is 68.7 Å². The van der Waals surface area contributed by atoms with Gasteiger partial charge in [-0.2, -0.15) is 0 Å². The molecule has 0 aromatic rings. The van der Waals surface area contributed by atoms with Gasteiger partial charge in [-0.15, -0.1) is 0 Å². The van der Waals surface area contributed by atoms with Gasteiger partial charge in [0.1, 0.15) is 0 Å². The van der Waals surface area contributed by atoms with Crippen molar-refractivity contribution in [1.82, 2.24) is 5.32 Å². The Labute approximate surface area is 119 Å². The summed E-state index contributed by atoms with van der Waals surface area (Å²) in [7, 11) is 2.22. The summed E-state index contributed by atoms with van der Waals surface area (Å²) in [6.07, 6.45) is 15.1. The molecule has 0 radical (unpaired) electrons. The molecule has 0 aromatic heterocycles. The minimum atomic E-state index is 0.814. The zero-order valence-corrected chi connectivity index (χ0v) is 13.0. The molecule has 1 N–H and O–H groups in total. The van der Waals surface area contributed by atoms with Gasteiger partial charge in [0.2, 0.25) is 0 Å². The summed E-state index contributed by atoms with van der Waals surface area (Å²) in [5.74, 6) is 5.26. The van der Waals surface area contributed by atoms with Gasteiger partial charge in [-0.1, -0.05) is 39.0 Å². The summed E-state index contributed by atoms with van der Waals surface area (Å²) in [4.78, 5) is 0. The predicted molar refractivity (Wildman–Crippen MR) is 82.1 cm³/mol. The van der Waals surface area contributed by atoms with E-state index in [9.17, 15) is 0 Å². The second-order valence-electron chi connectivity index (χ2n) is 7.68. The lowest BCUT2D eigenvalue weighted by Gasteiger charge is -2.39. The minimum Gasteiger partial charge on any atom is -0.317 e. The third-order valence-corrected chi connectivity index (χ3v) is 6.82. The highest BCUT2D eigenvalue weighted by molar-refractivity contribution is 4.94. The van der Waals surface area contributed by atoms with E-state index in [4.69, 9.17) is 0 Å². The summed E-state index contributed by atoms with van der Waals surface area (Å²) < 4.78 is 0. The van der Waals surface area contributed by atoms with Crippen molar-refractivity contribution >= 4 is 0 Å². The largest absolute Gasteiger partial charge is 0.317 e. The van der Waals surface area contributed by atoms with Gasteiger partial charge in [0, 0.05) is 6.04 Å². The number of hydrogen-bond donors (Lipinski definition) is 1. The summed E-state index contributed by atoms with van der Waals surface area (Å²) in [5.41, 5.74) is 0. The minimum absolute atomic E-state index is 0.814. The summed E-state index contributed by atoms with van der Waals surface area (Å²) >= 11 is 0. The van der Waals surface area contributed by atoms with Gasteiger partial charge >= 0.3 is 0 Å². The van der Waals surface area contributed by atoms with Crippen LogP contribution in [0.15, 0.2) is 0 Å². The molecule has 0 heterocycles. The fourth-order valence-corrected chi connectivity index (χ4v) is 5.77. The van der Waals surface area contributed by atoms with Gasteiger partial charge < -0.3 is 5.32 Å². The molecule has 110 valence electrons. The van der Waals surface area contributed by atoms with Crippen molar-refractivity contribution in [2.75, 3.05) is 7.05 Å². The van der Waals surface area contributed by atoms with Crippen molar-refractivity contribution < 1.29 is 0 Å². The first-order valence-corrected chi connectivity index (χ1v) is 8.99. The fourth-order valence-electron chi connectivity index (χ4n) is 5.77. The molecule has 0 spiro atoms. The lowest BCUT2D eigenvalue weighted by atomic mass is 9.71. The molecule has 0 aromatic carbocycles. The molecule has 3 aliphatic rings. The number of hydrogen-bond acceptors (Lipinski definition) is 1. The molecular formula is C18H33N. The molecule has 0 amide bonds. The van der Waals surface area contributed by atoms with Crippen LogP contribution in [0, 0.1) is 29.6 Å². The molecule has 3 fully saturated rings. The summed E-state index contributed by atoms with van der Waals surface area (Å²) in [6.45, 7) is 2.41. The van der Waals surface area contributed by atoms with Gasteiger partial charge in [0.15, 0.2) is 0 Å². The normalized spacial score (nSPS) is 43.6. The average Bonchev–Trinajstić information content (AvgIpc) is 3.07. The zero-order valence-electron chi connectivity index (χ0n) is 13.0. The second kappa shape index (κ2) is 6.16. The third kappa shape index (κ3) is 2.86. The van der Waals surface area contributed by atoms with E-state index in [0.717, 1.165) is 35.6 Å². The summed E-state index contributed by atoms with van der Waals surface area (Å²) in [6, 6.07) is 0.814. The van der Waals surface area contributed by atoms with Gasteiger partial charge in [-0.25, -0.2) is 0 Å². The molecule has 19 heavy (non-hydrogen) atoms. The van der Waals surface area contributed by atoms with E-state index in [1.54, 1.807) is 25.7 Å². The maximum atomic E-state index is 3.72. The number of nitrogens with one attached hydrogen (secondary N) is 1. The molecule has 1 nitrogen and oxygen atoms in total. The lowest BCUT2D eigenvalue weighted by Crippen LogP contribution is -2.41. The van der Waals surface area contributed by atoms with Gasteiger partial charge in [-0.3, -0.25) is 0 Å². The third-order valence-electron chi connectivity index (χ3n) is 6.82. The molecule has 2 bridgehead atoms. The van der Waals surface area contributed by atoms with E-state index in [-0.39, 0.29) is 0 Å². The van der Waals surface area contributed by atoms with Gasteiger partial charge in [0.25, 0.3) is 0 Å². The maximum Gasteiger partial charge on any atom is 0.00977 e. The molecule has 0 saturated heterocycles. The van der Waals surface area contributed by atoms with Crippen LogP contribution in [0.2, 0.25) is 0 Å². The Morgan fingerprint density at radius 3 is 2.47 bits per heavy atom. The van der Waals surface area contributed by atoms with Crippen molar-refractivity contribution in [2.45, 2.75) is 77.2 Å². The molecule has 0 aliphatic heterocycles. The lowest BCUT2D eigenvalue weighted by molar-refractivity contribution is 0.149. The molecule has 3 saturated carbocycles. The Bertz CT molecular complexity index is 287. The first-order chi connectivity index (χ1) is 9.31. The van der Waals surface area contributed by atoms with E-state index in [2.05, 4.69) is 19.3 Å². The van der Waals surface area contributed by atoms with E-state index < -0.39 is 0 Å². The smallest absolute Gasteiger partial charge is 0.00977 e. The summed E-state index contributed by atoms with van der Waals surface area (Å²) in [5, 5.41) is 3.72. The van der Waals surface area contributed by atoms with Crippen LogP contribution in [0.3, 0.4) is 0 Å². The first-order valence-electron chi connectivity index (χ1n) is 8.99. The monoisotopic (exact) mass is 263 g/mol. The SMILES string of the molecule is CCC1CCCCC1C(CC1CC2CCC1C2)NC.